The van der Waals surface area contributed by atoms with Gasteiger partial charge in [0.15, 0.2) is 5.17 Å². The summed E-state index contributed by atoms with van der Waals surface area (Å²) in [6.45, 7) is 4.32. The van der Waals surface area contributed by atoms with Crippen molar-refractivity contribution in [3.8, 4) is 6.07 Å². The average molecular weight is 386 g/mol. The van der Waals surface area contributed by atoms with E-state index in [0.717, 1.165) is 33.3 Å². The van der Waals surface area contributed by atoms with Crippen LogP contribution < -0.4 is 5.32 Å². The van der Waals surface area contributed by atoms with Crippen molar-refractivity contribution in [1.29, 1.82) is 5.26 Å². The number of hydrogen-bond donors (Lipinski definition) is 1. The molecule has 1 fully saturated rings. The first-order chi connectivity index (χ1) is 13.5. The number of fused-ring (bicyclic) bond motifs is 1. The van der Waals surface area contributed by atoms with Gasteiger partial charge in [-0.25, -0.2) is 4.99 Å². The second-order valence-electron chi connectivity index (χ2n) is 6.72. The average Bonchev–Trinajstić information content (AvgIpc) is 3.16. The fourth-order valence-electron chi connectivity index (χ4n) is 3.35. The fraction of sp³-hybridized carbons (Fsp3) is 0.136. The third-order valence-electron chi connectivity index (χ3n) is 4.44. The Balaban J connectivity index is 1.68. The fourth-order valence-corrected chi connectivity index (χ4v) is 4.18. The summed E-state index contributed by atoms with van der Waals surface area (Å²) in [7, 11) is 0. The number of thioether (sulfide) groups is 1. The monoisotopic (exact) mass is 386 g/mol. The Morgan fingerprint density at radius 3 is 2.71 bits per heavy atom. The first kappa shape index (κ1) is 18.1. The summed E-state index contributed by atoms with van der Waals surface area (Å²) in [6.07, 6.45) is 3.77. The van der Waals surface area contributed by atoms with Crippen molar-refractivity contribution in [1.82, 2.24) is 9.88 Å². The maximum absolute atomic E-state index is 12.4. The number of para-hydroxylation sites is 1. The summed E-state index contributed by atoms with van der Waals surface area (Å²) in [4.78, 5) is 17.6. The predicted octanol–water partition coefficient (Wildman–Crippen LogP) is 4.67. The smallest absolute Gasteiger partial charge is 0.264 e. The molecule has 0 unspecified atom stereocenters. The van der Waals surface area contributed by atoms with E-state index < -0.39 is 0 Å². The van der Waals surface area contributed by atoms with Gasteiger partial charge in [-0.15, -0.1) is 0 Å². The predicted molar refractivity (Wildman–Crippen MR) is 114 cm³/mol. The van der Waals surface area contributed by atoms with E-state index in [9.17, 15) is 4.79 Å². The van der Waals surface area contributed by atoms with E-state index in [1.54, 1.807) is 0 Å². The van der Waals surface area contributed by atoms with Crippen LogP contribution in [0.4, 0.5) is 5.69 Å². The van der Waals surface area contributed by atoms with E-state index in [1.807, 2.05) is 67.1 Å². The molecule has 5 nitrogen and oxygen atoms in total. The standard InChI is InChI=1S/C22H18N4OS/c1-14-9-15(2)11-17(10-14)24-22-25-21(27)20(28-22)12-16-13-26(8-7-23)19-6-4-3-5-18(16)19/h3-6,9-13H,8H2,1-2H3,(H,24,25,27). The third-order valence-corrected chi connectivity index (χ3v) is 5.34. The minimum atomic E-state index is -0.162. The molecule has 138 valence electrons. The van der Waals surface area contributed by atoms with Crippen LogP contribution in [0.3, 0.4) is 0 Å². The van der Waals surface area contributed by atoms with Crippen LogP contribution in [0.1, 0.15) is 16.7 Å². The van der Waals surface area contributed by atoms with E-state index >= 15 is 0 Å². The Kier molecular flexibility index (Phi) is 4.76. The zero-order valence-corrected chi connectivity index (χ0v) is 16.4. The van der Waals surface area contributed by atoms with Gasteiger partial charge in [0.2, 0.25) is 0 Å². The molecular formula is C22H18N4OS. The van der Waals surface area contributed by atoms with E-state index in [0.29, 0.717) is 10.1 Å². The molecule has 6 heteroatoms. The third kappa shape index (κ3) is 3.57. The maximum atomic E-state index is 12.4. The molecule has 0 aliphatic carbocycles. The van der Waals surface area contributed by atoms with Crippen LogP contribution in [-0.4, -0.2) is 15.6 Å². The maximum Gasteiger partial charge on any atom is 0.264 e. The molecule has 0 saturated carbocycles. The quantitative estimate of drug-likeness (QED) is 0.665. The normalized spacial score (nSPS) is 16.7. The molecule has 28 heavy (non-hydrogen) atoms. The number of nitriles is 1. The molecule has 1 saturated heterocycles. The summed E-state index contributed by atoms with van der Waals surface area (Å²) in [5.41, 5.74) is 4.98. The van der Waals surface area contributed by atoms with Gasteiger partial charge in [-0.2, -0.15) is 5.26 Å². The van der Waals surface area contributed by atoms with Crippen LogP contribution in [-0.2, 0) is 11.3 Å². The molecule has 1 amide bonds. The number of nitrogens with zero attached hydrogens (tertiary/aromatic N) is 3. The lowest BCUT2D eigenvalue weighted by molar-refractivity contribution is -0.115. The number of hydrogen-bond acceptors (Lipinski definition) is 4. The topological polar surface area (TPSA) is 70.2 Å². The number of carbonyl (C=O) groups excluding carboxylic acids is 1. The van der Waals surface area contributed by atoms with E-state index in [2.05, 4.69) is 22.4 Å². The number of amides is 1. The van der Waals surface area contributed by atoms with Crippen molar-refractivity contribution in [2.24, 2.45) is 4.99 Å². The van der Waals surface area contributed by atoms with Gasteiger partial charge in [0.25, 0.3) is 5.91 Å². The summed E-state index contributed by atoms with van der Waals surface area (Å²) in [6, 6.07) is 16.1. The molecule has 3 aromatic rings. The second kappa shape index (κ2) is 7.37. The summed E-state index contributed by atoms with van der Waals surface area (Å²) < 4.78 is 1.89. The number of aromatic nitrogens is 1. The summed E-state index contributed by atoms with van der Waals surface area (Å²) in [5.74, 6) is -0.162. The van der Waals surface area contributed by atoms with Gasteiger partial charge in [0, 0.05) is 22.7 Å². The van der Waals surface area contributed by atoms with Crippen LogP contribution >= 0.6 is 11.8 Å². The van der Waals surface area contributed by atoms with Crippen LogP contribution in [0.25, 0.3) is 17.0 Å². The number of rotatable bonds is 3. The Bertz CT molecular complexity index is 1180. The Hall–Kier alpha value is -3.30. The zero-order valence-electron chi connectivity index (χ0n) is 15.6. The van der Waals surface area contributed by atoms with Crippen LogP contribution in [0.5, 0.6) is 0 Å². The number of nitrogens with one attached hydrogen (secondary N) is 1. The number of aliphatic imine (C=N–C) groups is 1. The highest BCUT2D eigenvalue weighted by atomic mass is 32.2. The molecule has 1 N–H and O–H groups in total. The van der Waals surface area contributed by atoms with Gasteiger partial charge in [-0.1, -0.05) is 24.3 Å². The first-order valence-corrected chi connectivity index (χ1v) is 9.68. The zero-order chi connectivity index (χ0) is 19.7. The SMILES string of the molecule is Cc1cc(C)cc(N=C2NC(=O)C(=Cc3cn(CC#N)c4ccccc34)S2)c1. The number of benzene rings is 2. The molecule has 1 aromatic heterocycles. The summed E-state index contributed by atoms with van der Waals surface area (Å²) >= 11 is 1.33. The highest BCUT2D eigenvalue weighted by Crippen LogP contribution is 2.31. The van der Waals surface area contributed by atoms with Crippen LogP contribution in [0.15, 0.2) is 58.6 Å². The van der Waals surface area contributed by atoms with Gasteiger partial charge >= 0.3 is 0 Å². The summed E-state index contributed by atoms with van der Waals surface area (Å²) in [5, 5.41) is 13.5. The number of aryl methyl sites for hydroxylation is 2. The molecule has 0 bridgehead atoms. The van der Waals surface area contributed by atoms with Gasteiger partial charge in [0.1, 0.15) is 6.54 Å². The lowest BCUT2D eigenvalue weighted by atomic mass is 10.1. The lowest BCUT2D eigenvalue weighted by Crippen LogP contribution is -2.19. The van der Waals surface area contributed by atoms with Crippen molar-refractivity contribution in [2.75, 3.05) is 0 Å². The van der Waals surface area contributed by atoms with E-state index in [-0.39, 0.29) is 12.5 Å². The van der Waals surface area contributed by atoms with Crippen LogP contribution in [0.2, 0.25) is 0 Å². The first-order valence-electron chi connectivity index (χ1n) is 8.86. The second-order valence-corrected chi connectivity index (χ2v) is 7.75. The van der Waals surface area contributed by atoms with Crippen LogP contribution in [0, 0.1) is 25.2 Å². The van der Waals surface area contributed by atoms with Crippen molar-refractivity contribution in [2.45, 2.75) is 20.4 Å². The van der Waals surface area contributed by atoms with Gasteiger partial charge in [0.05, 0.1) is 16.7 Å². The Labute approximate surface area is 167 Å². The van der Waals surface area contributed by atoms with Gasteiger partial charge < -0.3 is 9.88 Å². The molecule has 2 aromatic carbocycles. The van der Waals surface area contributed by atoms with Gasteiger partial charge in [-0.05, 0) is 61.0 Å². The van der Waals surface area contributed by atoms with E-state index in [1.165, 1.54) is 11.8 Å². The highest BCUT2D eigenvalue weighted by molar-refractivity contribution is 8.18. The molecular weight excluding hydrogens is 368 g/mol. The van der Waals surface area contributed by atoms with Crippen molar-refractivity contribution in [3.05, 3.63) is 70.3 Å². The lowest BCUT2D eigenvalue weighted by Gasteiger charge is -2.00. The number of amidine groups is 1. The van der Waals surface area contributed by atoms with E-state index in [4.69, 9.17) is 5.26 Å². The molecule has 2 heterocycles. The van der Waals surface area contributed by atoms with Crippen molar-refractivity contribution >= 4 is 45.5 Å². The Morgan fingerprint density at radius 2 is 1.96 bits per heavy atom. The highest BCUT2D eigenvalue weighted by Gasteiger charge is 2.24. The van der Waals surface area contributed by atoms with Gasteiger partial charge in [-0.3, -0.25) is 4.79 Å². The molecule has 4 rings (SSSR count). The van der Waals surface area contributed by atoms with Crippen molar-refractivity contribution in [3.63, 3.8) is 0 Å². The minimum absolute atomic E-state index is 0.162. The Morgan fingerprint density at radius 1 is 1.21 bits per heavy atom. The number of carbonyl (C=O) groups is 1. The van der Waals surface area contributed by atoms with Crippen molar-refractivity contribution < 1.29 is 4.79 Å². The minimum Gasteiger partial charge on any atom is -0.333 e. The molecule has 1 aliphatic rings. The largest absolute Gasteiger partial charge is 0.333 e. The molecule has 1 aliphatic heterocycles. The molecule has 0 radical (unpaired) electrons. The molecule has 0 spiro atoms. The molecule has 0 atom stereocenters.